The zero-order valence-electron chi connectivity index (χ0n) is 11.7. The van der Waals surface area contributed by atoms with Crippen LogP contribution in [0.1, 0.15) is 18.9 Å². The van der Waals surface area contributed by atoms with E-state index >= 15 is 0 Å². The van der Waals surface area contributed by atoms with Gasteiger partial charge in [0.1, 0.15) is 5.75 Å². The predicted octanol–water partition coefficient (Wildman–Crippen LogP) is 1.53. The maximum atomic E-state index is 5.77. The van der Waals surface area contributed by atoms with Gasteiger partial charge < -0.3 is 20.5 Å². The Kier molecular flexibility index (Phi) is 7.43. The summed E-state index contributed by atoms with van der Waals surface area (Å²) in [5, 5.41) is 3.06. The Labute approximate surface area is 114 Å². The summed E-state index contributed by atoms with van der Waals surface area (Å²) in [6.45, 7) is 4.79. The van der Waals surface area contributed by atoms with Crippen molar-refractivity contribution in [2.24, 2.45) is 10.7 Å². The van der Waals surface area contributed by atoms with Crippen molar-refractivity contribution < 1.29 is 9.47 Å². The highest BCUT2D eigenvalue weighted by atomic mass is 16.5. The number of nitrogens with zero attached hydrogens (tertiary/aromatic N) is 1. The lowest BCUT2D eigenvalue weighted by molar-refractivity contribution is 0.145. The first kappa shape index (κ1) is 15.3. The monoisotopic (exact) mass is 265 g/mol. The van der Waals surface area contributed by atoms with Gasteiger partial charge in [0.2, 0.25) is 0 Å². The van der Waals surface area contributed by atoms with E-state index in [-0.39, 0.29) is 0 Å². The van der Waals surface area contributed by atoms with Crippen LogP contribution >= 0.6 is 0 Å². The Morgan fingerprint density at radius 1 is 1.42 bits per heavy atom. The van der Waals surface area contributed by atoms with Crippen LogP contribution in [0.15, 0.2) is 29.3 Å². The molecule has 0 unspecified atom stereocenters. The molecule has 0 spiro atoms. The van der Waals surface area contributed by atoms with Gasteiger partial charge in [0.05, 0.1) is 13.7 Å². The highest BCUT2D eigenvalue weighted by Crippen LogP contribution is 2.12. The fraction of sp³-hybridized carbons (Fsp3) is 0.500. The predicted molar refractivity (Wildman–Crippen MR) is 77.4 cm³/mol. The summed E-state index contributed by atoms with van der Waals surface area (Å²) in [4.78, 5) is 4.27. The van der Waals surface area contributed by atoms with Crippen LogP contribution in [-0.2, 0) is 11.3 Å². The van der Waals surface area contributed by atoms with Crippen LogP contribution in [-0.4, -0.2) is 32.8 Å². The van der Waals surface area contributed by atoms with E-state index in [0.29, 0.717) is 12.5 Å². The standard InChI is InChI=1S/C14H23N3O2/c1-3-19-9-5-8-16-14(15)17-11-12-6-4-7-13(10-12)18-2/h4,6-7,10H,3,5,8-9,11H2,1-2H3,(H3,15,16,17). The van der Waals surface area contributed by atoms with E-state index in [1.807, 2.05) is 31.2 Å². The van der Waals surface area contributed by atoms with Crippen molar-refractivity contribution in [3.8, 4) is 5.75 Å². The molecule has 0 bridgehead atoms. The largest absolute Gasteiger partial charge is 0.497 e. The van der Waals surface area contributed by atoms with Crippen molar-refractivity contribution in [3.63, 3.8) is 0 Å². The molecule has 3 N–H and O–H groups in total. The quantitative estimate of drug-likeness (QED) is 0.425. The molecule has 1 rings (SSSR count). The van der Waals surface area contributed by atoms with Gasteiger partial charge in [-0.25, -0.2) is 4.99 Å². The van der Waals surface area contributed by atoms with Gasteiger partial charge in [0.15, 0.2) is 5.96 Å². The molecule has 1 aromatic rings. The molecule has 0 radical (unpaired) electrons. The van der Waals surface area contributed by atoms with Crippen LogP contribution in [0.3, 0.4) is 0 Å². The number of hydrogen-bond acceptors (Lipinski definition) is 3. The second-order valence-corrected chi connectivity index (χ2v) is 4.03. The molecule has 5 heteroatoms. The van der Waals surface area contributed by atoms with Crippen LogP contribution in [0.25, 0.3) is 0 Å². The van der Waals surface area contributed by atoms with E-state index in [4.69, 9.17) is 15.2 Å². The van der Waals surface area contributed by atoms with E-state index in [2.05, 4.69) is 10.3 Å². The Morgan fingerprint density at radius 2 is 2.26 bits per heavy atom. The number of nitrogens with one attached hydrogen (secondary N) is 1. The molecule has 0 saturated heterocycles. The molecule has 0 aliphatic heterocycles. The fourth-order valence-corrected chi connectivity index (χ4v) is 1.54. The van der Waals surface area contributed by atoms with Gasteiger partial charge in [-0.15, -0.1) is 0 Å². The molecule has 19 heavy (non-hydrogen) atoms. The summed E-state index contributed by atoms with van der Waals surface area (Å²) in [5.41, 5.74) is 6.84. The summed E-state index contributed by atoms with van der Waals surface area (Å²) in [6.07, 6.45) is 0.920. The number of guanidine groups is 1. The smallest absolute Gasteiger partial charge is 0.188 e. The molecule has 0 aliphatic carbocycles. The van der Waals surface area contributed by atoms with E-state index in [0.717, 1.165) is 37.5 Å². The Morgan fingerprint density at radius 3 is 3.00 bits per heavy atom. The zero-order chi connectivity index (χ0) is 13.9. The van der Waals surface area contributed by atoms with Gasteiger partial charge in [-0.3, -0.25) is 0 Å². The molecule has 0 aromatic heterocycles. The second-order valence-electron chi connectivity index (χ2n) is 4.03. The molecule has 0 amide bonds. The van der Waals surface area contributed by atoms with Crippen LogP contribution in [0.2, 0.25) is 0 Å². The SMILES string of the molecule is CCOCCCNC(N)=NCc1cccc(OC)c1. The summed E-state index contributed by atoms with van der Waals surface area (Å²) in [6, 6.07) is 7.79. The van der Waals surface area contributed by atoms with Crippen LogP contribution in [0.5, 0.6) is 5.75 Å². The first-order valence-corrected chi connectivity index (χ1v) is 6.50. The summed E-state index contributed by atoms with van der Waals surface area (Å²) >= 11 is 0. The topological polar surface area (TPSA) is 68.9 Å². The first-order valence-electron chi connectivity index (χ1n) is 6.50. The average Bonchev–Trinajstić information content (AvgIpc) is 2.45. The van der Waals surface area contributed by atoms with Crippen molar-refractivity contribution in [1.29, 1.82) is 0 Å². The third kappa shape index (κ3) is 6.67. The summed E-state index contributed by atoms with van der Waals surface area (Å²) in [7, 11) is 1.65. The maximum Gasteiger partial charge on any atom is 0.188 e. The van der Waals surface area contributed by atoms with Crippen LogP contribution in [0.4, 0.5) is 0 Å². The van der Waals surface area contributed by atoms with Gasteiger partial charge in [0, 0.05) is 19.8 Å². The van der Waals surface area contributed by atoms with Crippen LogP contribution in [0, 0.1) is 0 Å². The Hall–Kier alpha value is -1.75. The average molecular weight is 265 g/mol. The lowest BCUT2D eigenvalue weighted by Gasteiger charge is -2.06. The number of ether oxygens (including phenoxy) is 2. The lowest BCUT2D eigenvalue weighted by Crippen LogP contribution is -2.32. The molecule has 5 nitrogen and oxygen atoms in total. The first-order chi connectivity index (χ1) is 9.26. The highest BCUT2D eigenvalue weighted by Gasteiger charge is 1.96. The molecule has 0 fully saturated rings. The minimum atomic E-state index is 0.458. The number of hydrogen-bond donors (Lipinski definition) is 2. The number of rotatable bonds is 8. The van der Waals surface area contributed by atoms with Gasteiger partial charge in [-0.05, 0) is 31.0 Å². The molecule has 0 saturated carbocycles. The van der Waals surface area contributed by atoms with Crippen molar-refractivity contribution in [2.75, 3.05) is 26.9 Å². The maximum absolute atomic E-state index is 5.77. The molecular weight excluding hydrogens is 242 g/mol. The molecule has 1 aromatic carbocycles. The number of benzene rings is 1. The zero-order valence-corrected chi connectivity index (χ0v) is 11.7. The van der Waals surface area contributed by atoms with Gasteiger partial charge >= 0.3 is 0 Å². The number of aliphatic imine (C=N–C) groups is 1. The van der Waals surface area contributed by atoms with E-state index in [9.17, 15) is 0 Å². The molecular formula is C14H23N3O2. The third-order valence-electron chi connectivity index (χ3n) is 2.54. The normalized spacial score (nSPS) is 11.4. The number of nitrogens with two attached hydrogens (primary N) is 1. The van der Waals surface area contributed by atoms with Gasteiger partial charge in [-0.1, -0.05) is 12.1 Å². The van der Waals surface area contributed by atoms with E-state index in [1.165, 1.54) is 0 Å². The van der Waals surface area contributed by atoms with Gasteiger partial charge in [0.25, 0.3) is 0 Å². The van der Waals surface area contributed by atoms with E-state index in [1.54, 1.807) is 7.11 Å². The highest BCUT2D eigenvalue weighted by molar-refractivity contribution is 5.77. The fourth-order valence-electron chi connectivity index (χ4n) is 1.54. The third-order valence-corrected chi connectivity index (χ3v) is 2.54. The summed E-state index contributed by atoms with van der Waals surface area (Å²) < 4.78 is 10.4. The molecule has 0 heterocycles. The van der Waals surface area contributed by atoms with Crippen molar-refractivity contribution in [2.45, 2.75) is 19.9 Å². The molecule has 106 valence electrons. The van der Waals surface area contributed by atoms with E-state index < -0.39 is 0 Å². The Balaban J connectivity index is 2.30. The molecule has 0 aliphatic rings. The van der Waals surface area contributed by atoms with Crippen molar-refractivity contribution in [1.82, 2.24) is 5.32 Å². The summed E-state index contributed by atoms with van der Waals surface area (Å²) in [5.74, 6) is 1.29. The Bertz CT molecular complexity index is 394. The minimum absolute atomic E-state index is 0.458. The van der Waals surface area contributed by atoms with Crippen LogP contribution < -0.4 is 15.8 Å². The second kappa shape index (κ2) is 9.22. The minimum Gasteiger partial charge on any atom is -0.497 e. The van der Waals surface area contributed by atoms with Crippen molar-refractivity contribution >= 4 is 5.96 Å². The van der Waals surface area contributed by atoms with Crippen molar-refractivity contribution in [3.05, 3.63) is 29.8 Å². The van der Waals surface area contributed by atoms with Gasteiger partial charge in [-0.2, -0.15) is 0 Å². The number of methoxy groups -OCH3 is 1. The molecule has 0 atom stereocenters. The lowest BCUT2D eigenvalue weighted by atomic mass is 10.2.